The smallest absolute Gasteiger partial charge is 0.291 e. The summed E-state index contributed by atoms with van der Waals surface area (Å²) in [6.45, 7) is 0.418. The van der Waals surface area contributed by atoms with E-state index in [0.717, 1.165) is 26.9 Å². The number of hydrogen-bond donors (Lipinski definition) is 0. The van der Waals surface area contributed by atoms with Gasteiger partial charge in [-0.3, -0.25) is 4.79 Å². The Balaban J connectivity index is 1.85. The number of benzene rings is 1. The first-order valence-electron chi connectivity index (χ1n) is 7.77. The molecule has 0 unspecified atom stereocenters. The van der Waals surface area contributed by atoms with Crippen LogP contribution in [-0.4, -0.2) is 27.7 Å². The lowest BCUT2D eigenvalue weighted by molar-refractivity contribution is 0.414. The zero-order valence-electron chi connectivity index (χ0n) is 14.1. The van der Waals surface area contributed by atoms with Crippen LogP contribution in [0.25, 0.3) is 21.1 Å². The lowest BCUT2D eigenvalue weighted by Gasteiger charge is -2.07. The van der Waals surface area contributed by atoms with E-state index in [-0.39, 0.29) is 5.56 Å². The van der Waals surface area contributed by atoms with Crippen molar-refractivity contribution >= 4 is 44.2 Å². The van der Waals surface area contributed by atoms with E-state index in [0.29, 0.717) is 12.1 Å². The van der Waals surface area contributed by atoms with Gasteiger partial charge in [0.15, 0.2) is 0 Å². The Bertz CT molecular complexity index is 1140. The number of fused-ring (bicyclic) bond motifs is 3. The summed E-state index contributed by atoms with van der Waals surface area (Å²) in [5.41, 5.74) is 2.69. The van der Waals surface area contributed by atoms with Crippen molar-refractivity contribution in [3.8, 4) is 5.75 Å². The van der Waals surface area contributed by atoms with Crippen molar-refractivity contribution in [3.05, 3.63) is 52.4 Å². The summed E-state index contributed by atoms with van der Waals surface area (Å²) in [6.07, 6.45) is 3.87. The molecule has 7 heteroatoms. The van der Waals surface area contributed by atoms with Gasteiger partial charge in [0.1, 0.15) is 11.3 Å². The van der Waals surface area contributed by atoms with Gasteiger partial charge >= 0.3 is 0 Å². The van der Waals surface area contributed by atoms with Crippen LogP contribution < -0.4 is 10.3 Å². The van der Waals surface area contributed by atoms with Gasteiger partial charge in [0.25, 0.3) is 5.56 Å². The number of hydrogen-bond acceptors (Lipinski definition) is 5. The molecule has 1 aromatic carbocycles. The molecule has 4 aromatic rings. The van der Waals surface area contributed by atoms with Crippen molar-refractivity contribution in [1.29, 1.82) is 0 Å². The molecule has 0 N–H and O–H groups in total. The third-order valence-electron chi connectivity index (χ3n) is 4.32. The molecular formula is C18H17N3O2S2. The van der Waals surface area contributed by atoms with E-state index in [1.165, 1.54) is 8.89 Å². The standard InChI is InChI=1S/C18H17N3O2S2/c1-20-14-8-15(24-3)25-17(14)13-9-19-21(18(22)16(13)20)10-11-5-4-6-12(7-11)23-2/h4-9H,10H2,1-3H3. The van der Waals surface area contributed by atoms with Crippen LogP contribution in [-0.2, 0) is 13.6 Å². The number of nitrogens with zero attached hydrogens (tertiary/aromatic N) is 3. The predicted molar refractivity (Wildman–Crippen MR) is 104 cm³/mol. The average molecular weight is 371 g/mol. The molecule has 0 fully saturated rings. The SMILES string of the molecule is COc1cccc(Cn2ncc3c4sc(SC)cc4n(C)c3c2=O)c1. The highest BCUT2D eigenvalue weighted by Gasteiger charge is 2.16. The van der Waals surface area contributed by atoms with E-state index < -0.39 is 0 Å². The molecule has 0 aliphatic carbocycles. The first kappa shape index (κ1) is 16.2. The highest BCUT2D eigenvalue weighted by atomic mass is 32.2. The Hall–Kier alpha value is -2.25. The normalized spacial score (nSPS) is 11.5. The summed E-state index contributed by atoms with van der Waals surface area (Å²) >= 11 is 3.43. The van der Waals surface area contributed by atoms with Gasteiger partial charge in [0.2, 0.25) is 0 Å². The maximum atomic E-state index is 13.0. The Morgan fingerprint density at radius 3 is 2.92 bits per heavy atom. The Morgan fingerprint density at radius 1 is 1.32 bits per heavy atom. The molecule has 3 heterocycles. The van der Waals surface area contributed by atoms with Crippen molar-refractivity contribution in [2.24, 2.45) is 7.05 Å². The Labute approximate surface area is 152 Å². The van der Waals surface area contributed by atoms with E-state index in [2.05, 4.69) is 17.4 Å². The molecule has 0 aliphatic rings. The predicted octanol–water partition coefficient (Wildman–Crippen LogP) is 3.73. The molecule has 0 atom stereocenters. The molecule has 25 heavy (non-hydrogen) atoms. The summed E-state index contributed by atoms with van der Waals surface area (Å²) in [5, 5.41) is 5.33. The van der Waals surface area contributed by atoms with Gasteiger partial charge in [-0.1, -0.05) is 12.1 Å². The summed E-state index contributed by atoms with van der Waals surface area (Å²) in [5.74, 6) is 0.774. The molecule has 4 rings (SSSR count). The number of thiophene rings is 1. The van der Waals surface area contributed by atoms with Crippen LogP contribution in [0.5, 0.6) is 5.75 Å². The summed E-state index contributed by atoms with van der Waals surface area (Å²) in [7, 11) is 3.58. The van der Waals surface area contributed by atoms with Crippen molar-refractivity contribution in [2.45, 2.75) is 10.8 Å². The highest BCUT2D eigenvalue weighted by Crippen LogP contribution is 2.36. The summed E-state index contributed by atoms with van der Waals surface area (Å²) < 4.78 is 11.1. The van der Waals surface area contributed by atoms with Gasteiger partial charge in [-0.2, -0.15) is 5.10 Å². The highest BCUT2D eigenvalue weighted by molar-refractivity contribution is 8.00. The number of aryl methyl sites for hydroxylation is 1. The minimum atomic E-state index is -0.0723. The van der Waals surface area contributed by atoms with Crippen molar-refractivity contribution in [1.82, 2.24) is 14.3 Å². The molecule has 0 saturated heterocycles. The maximum absolute atomic E-state index is 13.0. The van der Waals surface area contributed by atoms with E-state index in [4.69, 9.17) is 4.74 Å². The molecular weight excluding hydrogens is 354 g/mol. The molecule has 0 bridgehead atoms. The summed E-state index contributed by atoms with van der Waals surface area (Å²) in [4.78, 5) is 13.0. The quantitative estimate of drug-likeness (QED) is 0.513. The van der Waals surface area contributed by atoms with Crippen molar-refractivity contribution in [3.63, 3.8) is 0 Å². The van der Waals surface area contributed by atoms with Crippen molar-refractivity contribution < 1.29 is 4.74 Å². The first-order valence-corrected chi connectivity index (χ1v) is 9.81. The van der Waals surface area contributed by atoms with Crippen LogP contribution in [0.15, 0.2) is 45.5 Å². The van der Waals surface area contributed by atoms with Crippen LogP contribution >= 0.6 is 23.1 Å². The average Bonchev–Trinajstić information content (AvgIpc) is 3.17. The van der Waals surface area contributed by atoms with E-state index >= 15 is 0 Å². The Morgan fingerprint density at radius 2 is 2.16 bits per heavy atom. The fourth-order valence-corrected chi connectivity index (χ4v) is 4.79. The zero-order valence-corrected chi connectivity index (χ0v) is 15.8. The van der Waals surface area contributed by atoms with E-state index in [9.17, 15) is 4.79 Å². The van der Waals surface area contributed by atoms with Gasteiger partial charge in [0.05, 0.1) is 34.3 Å². The number of rotatable bonds is 4. The molecule has 0 amide bonds. The van der Waals surface area contributed by atoms with Crippen LogP contribution in [0.1, 0.15) is 5.56 Å². The largest absolute Gasteiger partial charge is 0.497 e. The van der Waals surface area contributed by atoms with Gasteiger partial charge < -0.3 is 9.30 Å². The topological polar surface area (TPSA) is 49.0 Å². The minimum absolute atomic E-state index is 0.0723. The van der Waals surface area contributed by atoms with Crippen LogP contribution in [0.2, 0.25) is 0 Å². The third kappa shape index (κ3) is 2.63. The van der Waals surface area contributed by atoms with Crippen molar-refractivity contribution in [2.75, 3.05) is 13.4 Å². The Kier molecular flexibility index (Phi) is 4.05. The molecule has 128 valence electrons. The fourth-order valence-electron chi connectivity index (χ4n) is 3.05. The fraction of sp³-hybridized carbons (Fsp3) is 0.222. The second-order valence-electron chi connectivity index (χ2n) is 5.76. The second-order valence-corrected chi connectivity index (χ2v) is 7.92. The number of ether oxygens (including phenoxy) is 1. The first-order chi connectivity index (χ1) is 12.1. The third-order valence-corrected chi connectivity index (χ3v) is 6.54. The summed E-state index contributed by atoms with van der Waals surface area (Å²) in [6, 6.07) is 9.83. The molecule has 5 nitrogen and oxygen atoms in total. The molecule has 0 saturated carbocycles. The van der Waals surface area contributed by atoms with Crippen LogP contribution in [0, 0.1) is 0 Å². The van der Waals surface area contributed by atoms with Gasteiger partial charge in [-0.05, 0) is 30.0 Å². The molecule has 0 radical (unpaired) electrons. The molecule has 0 aliphatic heterocycles. The maximum Gasteiger partial charge on any atom is 0.291 e. The molecule has 0 spiro atoms. The van der Waals surface area contributed by atoms with E-state index in [1.807, 2.05) is 35.9 Å². The lowest BCUT2D eigenvalue weighted by Crippen LogP contribution is -2.24. The number of methoxy groups -OCH3 is 1. The monoisotopic (exact) mass is 371 g/mol. The lowest BCUT2D eigenvalue weighted by atomic mass is 10.2. The zero-order chi connectivity index (χ0) is 17.6. The number of thioether (sulfide) groups is 1. The minimum Gasteiger partial charge on any atom is -0.497 e. The van der Waals surface area contributed by atoms with E-state index in [1.54, 1.807) is 36.4 Å². The van der Waals surface area contributed by atoms with Crippen LogP contribution in [0.3, 0.4) is 0 Å². The van der Waals surface area contributed by atoms with Gasteiger partial charge in [0, 0.05) is 12.4 Å². The van der Waals surface area contributed by atoms with Gasteiger partial charge in [-0.15, -0.1) is 23.1 Å². The number of aromatic nitrogens is 3. The second kappa shape index (κ2) is 6.24. The van der Waals surface area contributed by atoms with Gasteiger partial charge in [-0.25, -0.2) is 4.68 Å². The van der Waals surface area contributed by atoms with Crippen LogP contribution in [0.4, 0.5) is 0 Å². The molecule has 3 aromatic heterocycles.